The van der Waals surface area contributed by atoms with Crippen molar-refractivity contribution in [2.45, 2.75) is 31.7 Å². The van der Waals surface area contributed by atoms with Crippen LogP contribution in [0.15, 0.2) is 47.1 Å². The molecular weight excluding hydrogens is 390 g/mol. The summed E-state index contributed by atoms with van der Waals surface area (Å²) < 4.78 is 9.76. The van der Waals surface area contributed by atoms with Crippen LogP contribution in [0.1, 0.15) is 46.6 Å². The molecule has 1 fully saturated rings. The highest BCUT2D eigenvalue weighted by Gasteiger charge is 2.20. The number of esters is 1. The molecule has 0 saturated heterocycles. The van der Waals surface area contributed by atoms with Gasteiger partial charge in [-0.05, 0) is 37.1 Å². The van der Waals surface area contributed by atoms with Crippen LogP contribution in [-0.2, 0) is 14.3 Å². The summed E-state index contributed by atoms with van der Waals surface area (Å²) >= 11 is 0. The van der Waals surface area contributed by atoms with Crippen LogP contribution in [0.5, 0.6) is 0 Å². The monoisotopic (exact) mass is 413 g/mol. The molecule has 1 aromatic heterocycles. The van der Waals surface area contributed by atoms with Crippen LogP contribution in [0.4, 0.5) is 5.69 Å². The predicted octanol–water partition coefficient (Wildman–Crippen LogP) is 1.86. The first kappa shape index (κ1) is 21.1. The number of para-hydroxylation sites is 1. The van der Waals surface area contributed by atoms with E-state index in [1.807, 2.05) is 0 Å². The molecule has 1 saturated carbocycles. The second kappa shape index (κ2) is 10.2. The van der Waals surface area contributed by atoms with Gasteiger partial charge in [0.2, 0.25) is 0 Å². The van der Waals surface area contributed by atoms with Gasteiger partial charge in [-0.15, -0.1) is 0 Å². The van der Waals surface area contributed by atoms with Crippen molar-refractivity contribution in [3.05, 3.63) is 54.0 Å². The number of hydrogen-bond acceptors (Lipinski definition) is 6. The van der Waals surface area contributed by atoms with Gasteiger partial charge in [0.25, 0.3) is 17.7 Å². The van der Waals surface area contributed by atoms with Crippen LogP contribution < -0.4 is 16.0 Å². The number of hydrogen-bond donors (Lipinski definition) is 3. The molecule has 3 rings (SSSR count). The van der Waals surface area contributed by atoms with Gasteiger partial charge >= 0.3 is 5.97 Å². The molecule has 0 spiro atoms. The van der Waals surface area contributed by atoms with E-state index >= 15 is 0 Å². The van der Waals surface area contributed by atoms with Crippen molar-refractivity contribution < 1.29 is 28.3 Å². The van der Waals surface area contributed by atoms with Gasteiger partial charge in [0.05, 0.1) is 17.5 Å². The van der Waals surface area contributed by atoms with Crippen LogP contribution >= 0.6 is 0 Å². The maximum Gasteiger partial charge on any atom is 0.325 e. The lowest BCUT2D eigenvalue weighted by Gasteiger charge is -2.15. The van der Waals surface area contributed by atoms with Crippen LogP contribution in [0.25, 0.3) is 0 Å². The molecule has 0 bridgehead atoms. The Bertz CT molecular complexity index is 903. The van der Waals surface area contributed by atoms with Crippen LogP contribution in [0.2, 0.25) is 0 Å². The van der Waals surface area contributed by atoms with Crippen molar-refractivity contribution in [2.24, 2.45) is 0 Å². The SMILES string of the molecule is O=C(COC(=O)CNC(=O)c1ccco1)Nc1ccccc1C(=O)NC1CCCC1. The third-order valence-electron chi connectivity index (χ3n) is 4.64. The number of benzene rings is 1. The molecule has 1 aliphatic rings. The summed E-state index contributed by atoms with van der Waals surface area (Å²) in [5.41, 5.74) is 0.676. The fourth-order valence-electron chi connectivity index (χ4n) is 3.15. The van der Waals surface area contributed by atoms with Gasteiger partial charge in [-0.1, -0.05) is 25.0 Å². The summed E-state index contributed by atoms with van der Waals surface area (Å²) in [6.07, 6.45) is 5.43. The van der Waals surface area contributed by atoms with E-state index < -0.39 is 30.9 Å². The summed E-state index contributed by atoms with van der Waals surface area (Å²) in [4.78, 5) is 48.1. The topological polar surface area (TPSA) is 127 Å². The fourth-order valence-corrected chi connectivity index (χ4v) is 3.15. The van der Waals surface area contributed by atoms with Gasteiger partial charge in [-0.3, -0.25) is 19.2 Å². The van der Waals surface area contributed by atoms with E-state index in [1.54, 1.807) is 30.3 Å². The standard InChI is InChI=1S/C21H23N3O6/c25-18(13-30-19(26)12-22-21(28)17-10-5-11-29-17)24-16-9-4-3-8-15(16)20(27)23-14-6-1-2-7-14/h3-5,8-11,14H,1-2,6-7,12-13H2,(H,22,28)(H,23,27)(H,24,25). The first-order valence-electron chi connectivity index (χ1n) is 9.70. The highest BCUT2D eigenvalue weighted by molar-refractivity contribution is 6.04. The largest absolute Gasteiger partial charge is 0.459 e. The van der Waals surface area contributed by atoms with Crippen molar-refractivity contribution >= 4 is 29.4 Å². The molecule has 2 aromatic rings. The van der Waals surface area contributed by atoms with Gasteiger partial charge in [0, 0.05) is 6.04 Å². The van der Waals surface area contributed by atoms with E-state index in [-0.39, 0.29) is 17.7 Å². The number of ether oxygens (including phenoxy) is 1. The average Bonchev–Trinajstić information content (AvgIpc) is 3.45. The third kappa shape index (κ3) is 5.94. The second-order valence-electron chi connectivity index (χ2n) is 6.87. The number of carbonyl (C=O) groups is 4. The first-order valence-corrected chi connectivity index (χ1v) is 9.70. The van der Waals surface area contributed by atoms with E-state index in [0.717, 1.165) is 25.7 Å². The molecule has 1 aromatic carbocycles. The minimum atomic E-state index is -0.780. The molecule has 3 amide bonds. The van der Waals surface area contributed by atoms with Crippen LogP contribution in [0.3, 0.4) is 0 Å². The Morgan fingerprint density at radius 1 is 1.00 bits per heavy atom. The van der Waals surface area contributed by atoms with Gasteiger partial charge in [-0.25, -0.2) is 0 Å². The number of nitrogens with one attached hydrogen (secondary N) is 3. The zero-order valence-electron chi connectivity index (χ0n) is 16.3. The van der Waals surface area contributed by atoms with Crippen molar-refractivity contribution in [3.8, 4) is 0 Å². The molecule has 9 nitrogen and oxygen atoms in total. The van der Waals surface area contributed by atoms with Crippen LogP contribution in [0, 0.1) is 0 Å². The van der Waals surface area contributed by atoms with Crippen molar-refractivity contribution in [1.29, 1.82) is 0 Å². The number of amides is 3. The zero-order valence-corrected chi connectivity index (χ0v) is 16.3. The van der Waals surface area contributed by atoms with Gasteiger partial charge in [0.15, 0.2) is 12.4 Å². The highest BCUT2D eigenvalue weighted by atomic mass is 16.5. The van der Waals surface area contributed by atoms with Crippen LogP contribution in [-0.4, -0.2) is 42.9 Å². The Balaban J connectivity index is 1.45. The average molecular weight is 413 g/mol. The Morgan fingerprint density at radius 2 is 1.77 bits per heavy atom. The molecule has 30 heavy (non-hydrogen) atoms. The lowest BCUT2D eigenvalue weighted by Crippen LogP contribution is -2.34. The molecule has 0 aliphatic heterocycles. The van der Waals surface area contributed by atoms with Crippen molar-refractivity contribution in [2.75, 3.05) is 18.5 Å². The van der Waals surface area contributed by atoms with E-state index in [0.29, 0.717) is 11.3 Å². The molecule has 1 aliphatic carbocycles. The lowest BCUT2D eigenvalue weighted by molar-refractivity contribution is -0.146. The Hall–Kier alpha value is -3.62. The number of carbonyl (C=O) groups excluding carboxylic acids is 4. The van der Waals surface area contributed by atoms with E-state index in [1.165, 1.54) is 12.3 Å². The fraction of sp³-hybridized carbons (Fsp3) is 0.333. The Kier molecular flexibility index (Phi) is 7.20. The van der Waals surface area contributed by atoms with Crippen molar-refractivity contribution in [1.82, 2.24) is 10.6 Å². The molecule has 1 heterocycles. The van der Waals surface area contributed by atoms with E-state index in [2.05, 4.69) is 16.0 Å². The number of anilines is 1. The lowest BCUT2D eigenvalue weighted by atomic mass is 10.1. The summed E-state index contributed by atoms with van der Waals surface area (Å²) in [6, 6.07) is 9.78. The number of rotatable bonds is 8. The van der Waals surface area contributed by atoms with Gasteiger partial charge in [-0.2, -0.15) is 0 Å². The second-order valence-corrected chi connectivity index (χ2v) is 6.87. The molecule has 0 unspecified atom stereocenters. The highest BCUT2D eigenvalue weighted by Crippen LogP contribution is 2.20. The summed E-state index contributed by atoms with van der Waals surface area (Å²) in [5, 5.41) is 7.88. The summed E-state index contributed by atoms with van der Waals surface area (Å²) in [7, 11) is 0. The smallest absolute Gasteiger partial charge is 0.325 e. The molecular formula is C21H23N3O6. The third-order valence-corrected chi connectivity index (χ3v) is 4.64. The maximum absolute atomic E-state index is 12.5. The molecule has 158 valence electrons. The molecule has 0 radical (unpaired) electrons. The minimum Gasteiger partial charge on any atom is -0.459 e. The quantitative estimate of drug-likeness (QED) is 0.567. The summed E-state index contributed by atoms with van der Waals surface area (Å²) in [6.45, 7) is -0.957. The molecule has 3 N–H and O–H groups in total. The predicted molar refractivity (Wildman–Crippen MR) is 107 cm³/mol. The minimum absolute atomic E-state index is 0.0630. The Labute approximate surface area is 173 Å². The van der Waals surface area contributed by atoms with E-state index in [4.69, 9.17) is 9.15 Å². The van der Waals surface area contributed by atoms with Gasteiger partial charge in [0.1, 0.15) is 6.54 Å². The first-order chi connectivity index (χ1) is 14.5. The normalized spacial score (nSPS) is 13.5. The molecule has 9 heteroatoms. The van der Waals surface area contributed by atoms with Gasteiger partial charge < -0.3 is 25.1 Å². The van der Waals surface area contributed by atoms with E-state index in [9.17, 15) is 19.2 Å². The number of furan rings is 1. The molecule has 0 atom stereocenters. The van der Waals surface area contributed by atoms with Crippen molar-refractivity contribution in [3.63, 3.8) is 0 Å². The maximum atomic E-state index is 12.5. The Morgan fingerprint density at radius 3 is 2.50 bits per heavy atom. The summed E-state index contributed by atoms with van der Waals surface area (Å²) in [5.74, 6) is -2.13. The zero-order chi connectivity index (χ0) is 21.3.